The molecule has 2 unspecified atom stereocenters. The zero-order valence-corrected chi connectivity index (χ0v) is 18.2. The highest BCUT2D eigenvalue weighted by Gasteiger charge is 2.37. The molecule has 0 bridgehead atoms. The summed E-state index contributed by atoms with van der Waals surface area (Å²) in [7, 11) is 0. The van der Waals surface area contributed by atoms with E-state index in [2.05, 4.69) is 36.9 Å². The van der Waals surface area contributed by atoms with Gasteiger partial charge in [0.2, 0.25) is 0 Å². The van der Waals surface area contributed by atoms with Crippen LogP contribution in [0, 0.1) is 17.2 Å². The largest absolute Gasteiger partial charge is 0.416 e. The first-order chi connectivity index (χ1) is 14.1. The van der Waals surface area contributed by atoms with Gasteiger partial charge in [0, 0.05) is 12.6 Å². The predicted octanol–water partition coefficient (Wildman–Crippen LogP) is 6.81. The summed E-state index contributed by atoms with van der Waals surface area (Å²) in [6, 6.07) is 18.1. The number of benzene rings is 2. The van der Waals surface area contributed by atoms with E-state index < -0.39 is 17.2 Å². The van der Waals surface area contributed by atoms with Gasteiger partial charge >= 0.3 is 6.18 Å². The third kappa shape index (κ3) is 5.64. The summed E-state index contributed by atoms with van der Waals surface area (Å²) >= 11 is 0. The number of hydrogen-bond donors (Lipinski definition) is 0. The summed E-state index contributed by atoms with van der Waals surface area (Å²) in [5, 5.41) is 10.1. The van der Waals surface area contributed by atoms with Crippen LogP contribution in [0.2, 0.25) is 0 Å². The number of hydrogen-bond acceptors (Lipinski definition) is 2. The van der Waals surface area contributed by atoms with Crippen LogP contribution >= 0.6 is 0 Å². The van der Waals surface area contributed by atoms with Gasteiger partial charge < -0.3 is 0 Å². The second-order valence-corrected chi connectivity index (χ2v) is 8.25. The highest BCUT2D eigenvalue weighted by atomic mass is 19.4. The van der Waals surface area contributed by atoms with E-state index in [9.17, 15) is 18.4 Å². The Morgan fingerprint density at radius 1 is 0.933 bits per heavy atom. The van der Waals surface area contributed by atoms with Crippen LogP contribution in [0.25, 0.3) is 0 Å². The Morgan fingerprint density at radius 2 is 1.50 bits per heavy atom. The minimum atomic E-state index is -4.38. The normalized spacial score (nSPS) is 15.1. The molecule has 0 aliphatic rings. The van der Waals surface area contributed by atoms with E-state index in [1.165, 1.54) is 17.7 Å². The van der Waals surface area contributed by atoms with Gasteiger partial charge in [0.15, 0.2) is 0 Å². The van der Waals surface area contributed by atoms with Gasteiger partial charge in [0.05, 0.1) is 17.0 Å². The summed E-state index contributed by atoms with van der Waals surface area (Å²) in [6.07, 6.45) is -2.99. The summed E-state index contributed by atoms with van der Waals surface area (Å²) in [4.78, 5) is 2.37. The third-order valence-corrected chi connectivity index (χ3v) is 6.13. The third-order valence-electron chi connectivity index (χ3n) is 6.13. The zero-order valence-electron chi connectivity index (χ0n) is 18.2. The van der Waals surface area contributed by atoms with Crippen molar-refractivity contribution in [1.29, 1.82) is 5.26 Å². The molecule has 0 aliphatic carbocycles. The maximum atomic E-state index is 12.9. The lowest BCUT2D eigenvalue weighted by Crippen LogP contribution is -2.36. The highest BCUT2D eigenvalue weighted by molar-refractivity contribution is 5.36. The van der Waals surface area contributed by atoms with Crippen LogP contribution in [0.5, 0.6) is 0 Å². The minimum absolute atomic E-state index is 0.0179. The molecular weight excluding hydrogens is 385 g/mol. The number of nitrogens with zero attached hydrogens (tertiary/aromatic N) is 2. The molecule has 0 heterocycles. The van der Waals surface area contributed by atoms with Gasteiger partial charge in [-0.05, 0) is 55.5 Å². The average molecular weight is 417 g/mol. The van der Waals surface area contributed by atoms with Gasteiger partial charge in [-0.3, -0.25) is 4.90 Å². The van der Waals surface area contributed by atoms with E-state index in [0.717, 1.165) is 31.6 Å². The molecule has 2 aromatic rings. The SMILES string of the molecule is CCN(Cc1ccccc1)C(C)CCC(C#N)(c1ccc(C(F)(F)F)cc1)C(C)C. The second kappa shape index (κ2) is 10.1. The van der Waals surface area contributed by atoms with Gasteiger partial charge in [-0.25, -0.2) is 0 Å². The van der Waals surface area contributed by atoms with Gasteiger partial charge in [-0.2, -0.15) is 18.4 Å². The number of rotatable bonds is 9. The minimum Gasteiger partial charge on any atom is -0.297 e. The topological polar surface area (TPSA) is 27.0 Å². The van der Waals surface area contributed by atoms with Gasteiger partial charge in [-0.1, -0.05) is 63.2 Å². The molecule has 0 N–H and O–H groups in total. The average Bonchev–Trinajstić information content (AvgIpc) is 2.73. The molecular formula is C25H31F3N2. The van der Waals surface area contributed by atoms with Crippen LogP contribution in [0.1, 0.15) is 57.2 Å². The van der Waals surface area contributed by atoms with Gasteiger partial charge in [0.25, 0.3) is 0 Å². The Bertz CT molecular complexity index is 822. The quantitative estimate of drug-likeness (QED) is 0.449. The monoisotopic (exact) mass is 416 g/mol. The molecule has 30 heavy (non-hydrogen) atoms. The standard InChI is InChI=1S/C25H31F3N2/c1-5-30(17-21-9-7-6-8-10-21)20(4)15-16-24(18-29,19(2)3)22-11-13-23(14-12-22)25(26,27)28/h6-14,19-20H,5,15-17H2,1-4H3. The predicted molar refractivity (Wildman–Crippen MR) is 115 cm³/mol. The first-order valence-corrected chi connectivity index (χ1v) is 10.5. The lowest BCUT2D eigenvalue weighted by atomic mass is 9.69. The molecule has 2 atom stereocenters. The number of alkyl halides is 3. The molecule has 5 heteroatoms. The second-order valence-electron chi connectivity index (χ2n) is 8.25. The van der Waals surface area contributed by atoms with Crippen molar-refractivity contribution in [2.24, 2.45) is 5.92 Å². The first kappa shape index (κ1) is 24.0. The van der Waals surface area contributed by atoms with Crippen LogP contribution in [0.3, 0.4) is 0 Å². The molecule has 2 rings (SSSR count). The Hall–Kier alpha value is -2.32. The van der Waals surface area contributed by atoms with Crippen molar-refractivity contribution in [3.05, 3.63) is 71.3 Å². The lowest BCUT2D eigenvalue weighted by molar-refractivity contribution is -0.137. The molecule has 0 aromatic heterocycles. The van der Waals surface area contributed by atoms with E-state index in [0.29, 0.717) is 12.0 Å². The smallest absolute Gasteiger partial charge is 0.297 e. The number of nitriles is 1. The molecule has 0 fully saturated rings. The maximum absolute atomic E-state index is 12.9. The van der Waals surface area contributed by atoms with Crippen LogP contribution in [0.15, 0.2) is 54.6 Å². The molecule has 0 spiro atoms. The summed E-state index contributed by atoms with van der Waals surface area (Å²) in [6.45, 7) is 9.93. The van der Waals surface area contributed by atoms with Crippen LogP contribution < -0.4 is 0 Å². The van der Waals surface area contributed by atoms with Crippen molar-refractivity contribution in [2.75, 3.05) is 6.54 Å². The molecule has 2 aromatic carbocycles. The Morgan fingerprint density at radius 3 is 1.97 bits per heavy atom. The van der Waals surface area contributed by atoms with E-state index >= 15 is 0 Å². The van der Waals surface area contributed by atoms with Crippen LogP contribution in [-0.2, 0) is 18.1 Å². The molecule has 2 nitrogen and oxygen atoms in total. The van der Waals surface area contributed by atoms with E-state index in [1.807, 2.05) is 32.0 Å². The van der Waals surface area contributed by atoms with Crippen molar-refractivity contribution in [2.45, 2.75) is 64.7 Å². The summed E-state index contributed by atoms with van der Waals surface area (Å²) in [5.41, 5.74) is 0.399. The van der Waals surface area contributed by atoms with Crippen molar-refractivity contribution in [3.63, 3.8) is 0 Å². The van der Waals surface area contributed by atoms with Crippen molar-refractivity contribution >= 4 is 0 Å². The van der Waals surface area contributed by atoms with E-state index in [1.54, 1.807) is 0 Å². The maximum Gasteiger partial charge on any atom is 0.416 e. The fraction of sp³-hybridized carbons (Fsp3) is 0.480. The molecule has 162 valence electrons. The van der Waals surface area contributed by atoms with Crippen molar-refractivity contribution in [3.8, 4) is 6.07 Å². The van der Waals surface area contributed by atoms with Crippen molar-refractivity contribution < 1.29 is 13.2 Å². The fourth-order valence-electron chi connectivity index (χ4n) is 3.99. The molecule has 0 saturated carbocycles. The summed E-state index contributed by atoms with van der Waals surface area (Å²) < 4.78 is 38.8. The van der Waals surface area contributed by atoms with Gasteiger partial charge in [0.1, 0.15) is 0 Å². The van der Waals surface area contributed by atoms with Gasteiger partial charge in [-0.15, -0.1) is 0 Å². The molecule has 0 radical (unpaired) electrons. The van der Waals surface area contributed by atoms with Crippen LogP contribution in [0.4, 0.5) is 13.2 Å². The fourth-order valence-corrected chi connectivity index (χ4v) is 3.99. The molecule has 0 aliphatic heterocycles. The van der Waals surface area contributed by atoms with E-state index in [4.69, 9.17) is 0 Å². The lowest BCUT2D eigenvalue weighted by Gasteiger charge is -2.35. The van der Waals surface area contributed by atoms with Crippen molar-refractivity contribution in [1.82, 2.24) is 4.90 Å². The Kier molecular flexibility index (Phi) is 8.09. The van der Waals surface area contributed by atoms with E-state index in [-0.39, 0.29) is 12.0 Å². The number of halogens is 3. The summed E-state index contributed by atoms with van der Waals surface area (Å²) in [5.74, 6) is -0.0179. The van der Waals surface area contributed by atoms with Crippen LogP contribution in [-0.4, -0.2) is 17.5 Å². The zero-order chi connectivity index (χ0) is 22.4. The molecule has 0 saturated heterocycles. The first-order valence-electron chi connectivity index (χ1n) is 10.5. The Labute approximate surface area is 178 Å². The molecule has 0 amide bonds. The Balaban J connectivity index is 2.18. The highest BCUT2D eigenvalue weighted by Crippen LogP contribution is 2.39.